The normalized spacial score (nSPS) is 12.1. The molecule has 3 rings (SSSR count). The zero-order valence-corrected chi connectivity index (χ0v) is 14.1. The Kier molecular flexibility index (Phi) is 5.34. The molecule has 0 saturated carbocycles. The fraction of sp³-hybridized carbons (Fsp3) is 0.238. The third kappa shape index (κ3) is 4.06. The predicted octanol–water partition coefficient (Wildman–Crippen LogP) is 4.83. The Hall–Kier alpha value is -2.52. The molecule has 2 aromatic heterocycles. The first-order chi connectivity index (χ1) is 11.8. The van der Waals surface area contributed by atoms with Crippen LogP contribution in [0.4, 0.5) is 0 Å². The molecule has 0 fully saturated rings. The lowest BCUT2D eigenvalue weighted by molar-refractivity contribution is 0.0733. The highest BCUT2D eigenvalue weighted by atomic mass is 16.5. The molecule has 122 valence electrons. The molecule has 1 aromatic carbocycles. The lowest BCUT2D eigenvalue weighted by Gasteiger charge is -2.11. The van der Waals surface area contributed by atoms with Crippen LogP contribution >= 0.6 is 0 Å². The Morgan fingerprint density at radius 1 is 0.917 bits per heavy atom. The first kappa shape index (κ1) is 16.3. The monoisotopic (exact) mass is 318 g/mol. The van der Waals surface area contributed by atoms with E-state index < -0.39 is 0 Å². The van der Waals surface area contributed by atoms with Gasteiger partial charge >= 0.3 is 0 Å². The largest absolute Gasteiger partial charge is 0.373 e. The summed E-state index contributed by atoms with van der Waals surface area (Å²) in [5, 5.41) is 0. The van der Waals surface area contributed by atoms with Crippen molar-refractivity contribution in [2.24, 2.45) is 0 Å². The second-order valence-electron chi connectivity index (χ2n) is 5.80. The number of hydrogen-bond donors (Lipinski definition) is 0. The molecule has 0 amide bonds. The third-order valence-corrected chi connectivity index (χ3v) is 4.04. The summed E-state index contributed by atoms with van der Waals surface area (Å²) in [5.41, 5.74) is 5.78. The van der Waals surface area contributed by atoms with Gasteiger partial charge in [0.1, 0.15) is 0 Å². The van der Waals surface area contributed by atoms with Crippen LogP contribution in [0.25, 0.3) is 11.1 Å². The summed E-state index contributed by atoms with van der Waals surface area (Å²) in [6, 6.07) is 16.8. The minimum atomic E-state index is 0.0443. The molecule has 24 heavy (non-hydrogen) atoms. The Labute approximate surface area is 143 Å². The highest BCUT2D eigenvalue weighted by Crippen LogP contribution is 2.20. The molecule has 2 heterocycles. The van der Waals surface area contributed by atoms with Gasteiger partial charge < -0.3 is 4.74 Å². The van der Waals surface area contributed by atoms with Gasteiger partial charge in [-0.1, -0.05) is 36.4 Å². The summed E-state index contributed by atoms with van der Waals surface area (Å²) in [5.74, 6) is 0. The summed E-state index contributed by atoms with van der Waals surface area (Å²) in [6.07, 6.45) is 6.55. The van der Waals surface area contributed by atoms with Crippen molar-refractivity contribution >= 4 is 0 Å². The Bertz CT molecular complexity index is 752. The van der Waals surface area contributed by atoms with Crippen molar-refractivity contribution in [3.63, 3.8) is 0 Å². The molecule has 1 atom stereocenters. The van der Waals surface area contributed by atoms with E-state index in [4.69, 9.17) is 4.74 Å². The summed E-state index contributed by atoms with van der Waals surface area (Å²) >= 11 is 0. The standard InChI is InChI=1S/C21H22N2O/c1-3-24-16(2)21-11-8-18(14-23-21)13-17-6-9-19(10-7-17)20-5-4-12-22-15-20/h4-12,14-16H,3,13H2,1-2H3. The molecule has 3 heteroatoms. The van der Waals surface area contributed by atoms with Crippen LogP contribution in [0.3, 0.4) is 0 Å². The number of hydrogen-bond acceptors (Lipinski definition) is 3. The van der Waals surface area contributed by atoms with Gasteiger partial charge in [0.25, 0.3) is 0 Å². The van der Waals surface area contributed by atoms with Crippen LogP contribution in [-0.4, -0.2) is 16.6 Å². The second-order valence-corrected chi connectivity index (χ2v) is 5.80. The van der Waals surface area contributed by atoms with Gasteiger partial charge in [-0.15, -0.1) is 0 Å². The van der Waals surface area contributed by atoms with Crippen LogP contribution in [-0.2, 0) is 11.2 Å². The number of rotatable bonds is 6. The summed E-state index contributed by atoms with van der Waals surface area (Å²) in [7, 11) is 0. The Morgan fingerprint density at radius 2 is 1.71 bits per heavy atom. The summed E-state index contributed by atoms with van der Waals surface area (Å²) < 4.78 is 5.57. The topological polar surface area (TPSA) is 35.0 Å². The minimum Gasteiger partial charge on any atom is -0.373 e. The molecule has 3 aromatic rings. The van der Waals surface area contributed by atoms with Crippen molar-refractivity contribution < 1.29 is 4.74 Å². The van der Waals surface area contributed by atoms with Crippen molar-refractivity contribution in [3.8, 4) is 11.1 Å². The molecule has 0 bridgehead atoms. The van der Waals surface area contributed by atoms with E-state index in [1.54, 1.807) is 6.20 Å². The van der Waals surface area contributed by atoms with E-state index in [9.17, 15) is 0 Å². The van der Waals surface area contributed by atoms with E-state index >= 15 is 0 Å². The van der Waals surface area contributed by atoms with Crippen molar-refractivity contribution in [1.82, 2.24) is 9.97 Å². The molecule has 0 saturated heterocycles. The first-order valence-electron chi connectivity index (χ1n) is 8.32. The Morgan fingerprint density at radius 3 is 2.33 bits per heavy atom. The van der Waals surface area contributed by atoms with Crippen molar-refractivity contribution in [2.45, 2.75) is 26.4 Å². The van der Waals surface area contributed by atoms with Crippen LogP contribution in [0.15, 0.2) is 67.1 Å². The van der Waals surface area contributed by atoms with Crippen LogP contribution < -0.4 is 0 Å². The van der Waals surface area contributed by atoms with Crippen molar-refractivity contribution in [3.05, 3.63) is 83.9 Å². The van der Waals surface area contributed by atoms with E-state index in [2.05, 4.69) is 52.4 Å². The van der Waals surface area contributed by atoms with Gasteiger partial charge in [0, 0.05) is 25.2 Å². The molecule has 0 aliphatic rings. The SMILES string of the molecule is CCOC(C)c1ccc(Cc2ccc(-c3cccnc3)cc2)cn1. The minimum absolute atomic E-state index is 0.0443. The fourth-order valence-corrected chi connectivity index (χ4v) is 2.70. The summed E-state index contributed by atoms with van der Waals surface area (Å²) in [6.45, 7) is 4.73. The van der Waals surface area contributed by atoms with Crippen LogP contribution in [0.5, 0.6) is 0 Å². The molecule has 0 spiro atoms. The van der Waals surface area contributed by atoms with Gasteiger partial charge in [-0.25, -0.2) is 0 Å². The maximum Gasteiger partial charge on any atom is 0.0966 e. The molecule has 0 radical (unpaired) electrons. The maximum atomic E-state index is 5.57. The molecule has 1 unspecified atom stereocenters. The van der Waals surface area contributed by atoms with Gasteiger partial charge in [-0.05, 0) is 54.7 Å². The fourth-order valence-electron chi connectivity index (χ4n) is 2.70. The van der Waals surface area contributed by atoms with Crippen LogP contribution in [0.1, 0.15) is 36.8 Å². The first-order valence-corrected chi connectivity index (χ1v) is 8.32. The molecule has 3 nitrogen and oxygen atoms in total. The molecular formula is C21H22N2O. The molecular weight excluding hydrogens is 296 g/mol. The second kappa shape index (κ2) is 7.84. The van der Waals surface area contributed by atoms with E-state index in [1.165, 1.54) is 16.7 Å². The average Bonchev–Trinajstić information content (AvgIpc) is 2.64. The lowest BCUT2D eigenvalue weighted by Crippen LogP contribution is -2.02. The molecule has 0 aliphatic carbocycles. The number of ether oxygens (including phenoxy) is 1. The highest BCUT2D eigenvalue weighted by molar-refractivity contribution is 5.62. The smallest absolute Gasteiger partial charge is 0.0966 e. The highest BCUT2D eigenvalue weighted by Gasteiger charge is 2.06. The molecule has 0 aliphatic heterocycles. The van der Waals surface area contributed by atoms with E-state index in [1.807, 2.05) is 32.3 Å². The molecule has 0 N–H and O–H groups in total. The van der Waals surface area contributed by atoms with Gasteiger partial charge in [0.2, 0.25) is 0 Å². The van der Waals surface area contributed by atoms with Crippen LogP contribution in [0.2, 0.25) is 0 Å². The van der Waals surface area contributed by atoms with Gasteiger partial charge in [0.15, 0.2) is 0 Å². The van der Waals surface area contributed by atoms with Gasteiger partial charge in [-0.2, -0.15) is 0 Å². The van der Waals surface area contributed by atoms with Crippen molar-refractivity contribution in [1.29, 1.82) is 0 Å². The Balaban J connectivity index is 1.68. The maximum absolute atomic E-state index is 5.57. The number of nitrogens with zero attached hydrogens (tertiary/aromatic N) is 2. The average molecular weight is 318 g/mol. The zero-order valence-electron chi connectivity index (χ0n) is 14.1. The number of benzene rings is 1. The number of pyridine rings is 2. The number of aromatic nitrogens is 2. The van der Waals surface area contributed by atoms with Gasteiger partial charge in [-0.3, -0.25) is 9.97 Å². The van der Waals surface area contributed by atoms with E-state index in [0.29, 0.717) is 6.61 Å². The van der Waals surface area contributed by atoms with Crippen molar-refractivity contribution in [2.75, 3.05) is 6.61 Å². The van der Waals surface area contributed by atoms with Gasteiger partial charge in [0.05, 0.1) is 11.8 Å². The predicted molar refractivity (Wildman–Crippen MR) is 96.8 cm³/mol. The van der Waals surface area contributed by atoms with E-state index in [-0.39, 0.29) is 6.10 Å². The third-order valence-electron chi connectivity index (χ3n) is 4.04. The van der Waals surface area contributed by atoms with Crippen LogP contribution in [0, 0.1) is 0 Å². The van der Waals surface area contributed by atoms with E-state index in [0.717, 1.165) is 17.7 Å². The summed E-state index contributed by atoms with van der Waals surface area (Å²) in [4.78, 5) is 8.69. The lowest BCUT2D eigenvalue weighted by atomic mass is 10.0. The quantitative estimate of drug-likeness (QED) is 0.653. The zero-order chi connectivity index (χ0) is 16.8.